The first-order valence-corrected chi connectivity index (χ1v) is 9.95. The quantitative estimate of drug-likeness (QED) is 0.886. The minimum absolute atomic E-state index is 0.0433. The van der Waals surface area contributed by atoms with Crippen LogP contribution in [0.4, 0.5) is 0 Å². The second-order valence-corrected chi connectivity index (χ2v) is 7.72. The van der Waals surface area contributed by atoms with Crippen LogP contribution >= 0.6 is 0 Å². The van der Waals surface area contributed by atoms with Crippen LogP contribution in [0.5, 0.6) is 0 Å². The zero-order chi connectivity index (χ0) is 18.6. The van der Waals surface area contributed by atoms with Gasteiger partial charge in [0.1, 0.15) is 0 Å². The Morgan fingerprint density at radius 3 is 2.67 bits per heavy atom. The molecule has 0 saturated carbocycles. The van der Waals surface area contributed by atoms with Gasteiger partial charge in [-0.25, -0.2) is 0 Å². The monoisotopic (exact) mass is 365 g/mol. The van der Waals surface area contributed by atoms with Crippen molar-refractivity contribution < 1.29 is 9.59 Å². The fourth-order valence-corrected chi connectivity index (χ4v) is 4.25. The van der Waals surface area contributed by atoms with Crippen molar-refractivity contribution in [3.05, 3.63) is 48.0 Å². The van der Waals surface area contributed by atoms with Gasteiger partial charge in [-0.1, -0.05) is 48.9 Å². The molecule has 2 heterocycles. The van der Waals surface area contributed by atoms with Crippen molar-refractivity contribution in [3.63, 3.8) is 0 Å². The van der Waals surface area contributed by atoms with Gasteiger partial charge in [0, 0.05) is 19.5 Å². The van der Waals surface area contributed by atoms with E-state index in [1.807, 2.05) is 23.1 Å². The molecule has 2 aromatic carbocycles. The normalized spacial score (nSPS) is 21.0. The summed E-state index contributed by atoms with van der Waals surface area (Å²) in [5.74, 6) is 0.160. The molecular weight excluding hydrogens is 338 g/mol. The summed E-state index contributed by atoms with van der Waals surface area (Å²) in [6.07, 6.45) is 4.01. The fraction of sp³-hybridized carbons (Fsp3) is 0.455. The van der Waals surface area contributed by atoms with E-state index in [-0.39, 0.29) is 17.9 Å². The first-order valence-electron chi connectivity index (χ1n) is 9.95. The lowest BCUT2D eigenvalue weighted by Crippen LogP contribution is -2.44. The summed E-state index contributed by atoms with van der Waals surface area (Å²) >= 11 is 0. The number of nitrogens with one attached hydrogen (secondary N) is 1. The number of nitrogens with zero attached hydrogens (tertiary/aromatic N) is 2. The van der Waals surface area contributed by atoms with Crippen molar-refractivity contribution in [1.29, 1.82) is 0 Å². The van der Waals surface area contributed by atoms with Gasteiger partial charge in [-0.2, -0.15) is 0 Å². The lowest BCUT2D eigenvalue weighted by atomic mass is 10.0. The van der Waals surface area contributed by atoms with Crippen molar-refractivity contribution >= 4 is 22.6 Å². The number of hydrogen-bond donors (Lipinski definition) is 1. The summed E-state index contributed by atoms with van der Waals surface area (Å²) < 4.78 is 0. The number of carbonyl (C=O) groups excluding carboxylic acids is 2. The molecule has 0 bridgehead atoms. The summed E-state index contributed by atoms with van der Waals surface area (Å²) in [5, 5.41) is 5.44. The fourth-order valence-electron chi connectivity index (χ4n) is 4.25. The first-order chi connectivity index (χ1) is 13.2. The number of hydrogen-bond acceptors (Lipinski definition) is 3. The standard InChI is InChI=1S/C22H27N3O2/c26-21(16-24-11-4-1-5-12-24)23-19-13-22(27)25(15-19)14-18-9-6-8-17-7-2-3-10-20(17)18/h2-3,6-10,19H,1,4-5,11-16H2,(H,23,26)/t19-/m1/s1. The highest BCUT2D eigenvalue weighted by Gasteiger charge is 2.31. The second-order valence-electron chi connectivity index (χ2n) is 7.72. The van der Waals surface area contributed by atoms with Crippen LogP contribution < -0.4 is 5.32 Å². The number of fused-ring (bicyclic) bond motifs is 1. The Kier molecular flexibility index (Phi) is 5.39. The van der Waals surface area contributed by atoms with E-state index in [0.717, 1.165) is 18.7 Å². The van der Waals surface area contributed by atoms with Crippen LogP contribution in [0.1, 0.15) is 31.2 Å². The third-order valence-corrected chi connectivity index (χ3v) is 5.64. The molecule has 5 heteroatoms. The Morgan fingerprint density at radius 1 is 1.04 bits per heavy atom. The van der Waals surface area contributed by atoms with Crippen LogP contribution in [0.15, 0.2) is 42.5 Å². The Labute approximate surface area is 160 Å². The highest BCUT2D eigenvalue weighted by atomic mass is 16.2. The van der Waals surface area contributed by atoms with E-state index in [9.17, 15) is 9.59 Å². The molecule has 2 aliphatic rings. The van der Waals surface area contributed by atoms with Crippen molar-refractivity contribution in [2.24, 2.45) is 0 Å². The lowest BCUT2D eigenvalue weighted by molar-refractivity contribution is -0.128. The number of piperidine rings is 1. The van der Waals surface area contributed by atoms with Crippen LogP contribution in [-0.4, -0.2) is 53.8 Å². The van der Waals surface area contributed by atoms with E-state index in [1.165, 1.54) is 30.0 Å². The second kappa shape index (κ2) is 8.09. The van der Waals surface area contributed by atoms with E-state index in [4.69, 9.17) is 0 Å². The molecule has 0 spiro atoms. The van der Waals surface area contributed by atoms with Crippen LogP contribution in [-0.2, 0) is 16.1 Å². The number of likely N-dealkylation sites (tertiary alicyclic amines) is 2. The highest BCUT2D eigenvalue weighted by molar-refractivity contribution is 5.87. The Hall–Kier alpha value is -2.40. The number of amides is 2. The zero-order valence-electron chi connectivity index (χ0n) is 15.7. The molecule has 0 radical (unpaired) electrons. The lowest BCUT2D eigenvalue weighted by Gasteiger charge is -2.26. The maximum Gasteiger partial charge on any atom is 0.234 e. The van der Waals surface area contributed by atoms with Gasteiger partial charge < -0.3 is 10.2 Å². The number of rotatable bonds is 5. The summed E-state index contributed by atoms with van der Waals surface area (Å²) in [6, 6.07) is 14.4. The van der Waals surface area contributed by atoms with E-state index in [2.05, 4.69) is 34.5 Å². The predicted octanol–water partition coefficient (Wildman–Crippen LogP) is 2.54. The third kappa shape index (κ3) is 4.30. The van der Waals surface area contributed by atoms with E-state index in [0.29, 0.717) is 26.1 Å². The van der Waals surface area contributed by atoms with Crippen LogP contribution in [0.25, 0.3) is 10.8 Å². The molecule has 0 aromatic heterocycles. The molecule has 0 unspecified atom stereocenters. The van der Waals surface area contributed by atoms with Crippen LogP contribution in [0.3, 0.4) is 0 Å². The number of carbonyl (C=O) groups is 2. The molecular formula is C22H27N3O2. The molecule has 4 rings (SSSR count). The summed E-state index contributed by atoms with van der Waals surface area (Å²) in [7, 11) is 0. The van der Waals surface area contributed by atoms with E-state index >= 15 is 0 Å². The Balaban J connectivity index is 1.35. The SMILES string of the molecule is O=C(CN1CCCCC1)N[C@@H]1CC(=O)N(Cc2cccc3ccccc23)C1. The molecule has 0 aliphatic carbocycles. The van der Waals surface area contributed by atoms with Crippen LogP contribution in [0, 0.1) is 0 Å². The highest BCUT2D eigenvalue weighted by Crippen LogP contribution is 2.22. The van der Waals surface area contributed by atoms with Crippen LogP contribution in [0.2, 0.25) is 0 Å². The smallest absolute Gasteiger partial charge is 0.234 e. The summed E-state index contributed by atoms with van der Waals surface area (Å²) in [4.78, 5) is 28.9. The maximum atomic E-state index is 12.5. The minimum atomic E-state index is -0.0789. The summed E-state index contributed by atoms with van der Waals surface area (Å²) in [6.45, 7) is 3.65. The first kappa shape index (κ1) is 18.0. The van der Waals surface area contributed by atoms with Crippen molar-refractivity contribution in [2.45, 2.75) is 38.3 Å². The molecule has 2 aromatic rings. The van der Waals surface area contributed by atoms with Gasteiger partial charge in [-0.05, 0) is 42.3 Å². The Bertz CT molecular complexity index is 824. The van der Waals surface area contributed by atoms with Gasteiger partial charge in [0.15, 0.2) is 0 Å². The molecule has 1 atom stereocenters. The molecule has 2 aliphatic heterocycles. The molecule has 27 heavy (non-hydrogen) atoms. The molecule has 142 valence electrons. The molecule has 2 fully saturated rings. The molecule has 2 amide bonds. The third-order valence-electron chi connectivity index (χ3n) is 5.64. The topological polar surface area (TPSA) is 52.7 Å². The zero-order valence-corrected chi connectivity index (χ0v) is 15.7. The van der Waals surface area contributed by atoms with Gasteiger partial charge in [0.2, 0.25) is 11.8 Å². The Morgan fingerprint density at radius 2 is 1.81 bits per heavy atom. The predicted molar refractivity (Wildman–Crippen MR) is 106 cm³/mol. The van der Waals surface area contributed by atoms with E-state index < -0.39 is 0 Å². The molecule has 1 N–H and O–H groups in total. The van der Waals surface area contributed by atoms with Gasteiger partial charge >= 0.3 is 0 Å². The minimum Gasteiger partial charge on any atom is -0.350 e. The largest absolute Gasteiger partial charge is 0.350 e. The van der Waals surface area contributed by atoms with Gasteiger partial charge in [0.25, 0.3) is 0 Å². The molecule has 2 saturated heterocycles. The van der Waals surface area contributed by atoms with Gasteiger partial charge in [-0.15, -0.1) is 0 Å². The molecule has 5 nitrogen and oxygen atoms in total. The van der Waals surface area contributed by atoms with Crippen molar-refractivity contribution in [3.8, 4) is 0 Å². The van der Waals surface area contributed by atoms with Crippen molar-refractivity contribution in [1.82, 2.24) is 15.1 Å². The average Bonchev–Trinajstić information content (AvgIpc) is 3.01. The number of benzene rings is 2. The summed E-state index contributed by atoms with van der Waals surface area (Å²) in [5.41, 5.74) is 1.15. The maximum absolute atomic E-state index is 12.5. The van der Waals surface area contributed by atoms with Crippen molar-refractivity contribution in [2.75, 3.05) is 26.2 Å². The average molecular weight is 365 g/mol. The van der Waals surface area contributed by atoms with Gasteiger partial charge in [-0.3, -0.25) is 14.5 Å². The van der Waals surface area contributed by atoms with E-state index in [1.54, 1.807) is 0 Å². The van der Waals surface area contributed by atoms with Gasteiger partial charge in [0.05, 0.1) is 12.6 Å².